The summed E-state index contributed by atoms with van der Waals surface area (Å²) in [4.78, 5) is 1.21. The molecule has 2 aromatic carbocycles. The van der Waals surface area contributed by atoms with E-state index in [9.17, 15) is 13.2 Å². The summed E-state index contributed by atoms with van der Waals surface area (Å²) < 4.78 is 37.6. The lowest BCUT2D eigenvalue weighted by atomic mass is 10.2. The van der Waals surface area contributed by atoms with Crippen molar-refractivity contribution < 1.29 is 13.2 Å². The van der Waals surface area contributed by atoms with Gasteiger partial charge in [-0.2, -0.15) is 25.8 Å². The number of nitrogens with one attached hydrogen (secondary N) is 1. The Bertz CT molecular complexity index is 639. The standard InChI is InChI=1S/C14H10Cl2F3NS2.2C2H6/c15-11-5-9(20-7-21)6-12(16)13(11)22-10-3-1-8(2-4-10)14(17,18)19;2*1-2/h1-6,20-21H,7H2;2*1-2H3. The number of thiol groups is 1. The van der Waals surface area contributed by atoms with Gasteiger partial charge in [0.1, 0.15) is 0 Å². The van der Waals surface area contributed by atoms with Crippen molar-refractivity contribution in [1.29, 1.82) is 0 Å². The minimum absolute atomic E-state index is 0.418. The van der Waals surface area contributed by atoms with Crippen molar-refractivity contribution in [2.45, 2.75) is 43.7 Å². The van der Waals surface area contributed by atoms with Crippen LogP contribution in [0.4, 0.5) is 18.9 Å². The maximum absolute atomic E-state index is 12.5. The molecule has 1 nitrogen and oxygen atoms in total. The number of benzene rings is 2. The van der Waals surface area contributed by atoms with Crippen molar-refractivity contribution in [3.8, 4) is 0 Å². The Hall–Kier alpha value is -0.690. The van der Waals surface area contributed by atoms with Gasteiger partial charge in [0.15, 0.2) is 0 Å². The van der Waals surface area contributed by atoms with Gasteiger partial charge in [-0.05, 0) is 36.4 Å². The minimum atomic E-state index is -4.35. The summed E-state index contributed by atoms with van der Waals surface area (Å²) in [5.41, 5.74) is 0.0316. The molecule has 0 spiro atoms. The maximum atomic E-state index is 12.5. The Morgan fingerprint density at radius 1 is 0.962 bits per heavy atom. The van der Waals surface area contributed by atoms with Gasteiger partial charge in [-0.15, -0.1) is 0 Å². The Labute approximate surface area is 173 Å². The van der Waals surface area contributed by atoms with Crippen LogP contribution in [0, 0.1) is 0 Å². The zero-order valence-corrected chi connectivity index (χ0v) is 18.1. The van der Waals surface area contributed by atoms with E-state index in [1.165, 1.54) is 23.9 Å². The van der Waals surface area contributed by atoms with Crippen LogP contribution in [-0.4, -0.2) is 5.88 Å². The lowest BCUT2D eigenvalue weighted by Crippen LogP contribution is -2.03. The van der Waals surface area contributed by atoms with Crippen LogP contribution in [0.1, 0.15) is 33.3 Å². The SMILES string of the molecule is CC.CC.FC(F)(F)c1ccc(Sc2c(Cl)cc(NCS)cc2Cl)cc1. The first-order chi connectivity index (χ1) is 12.3. The van der Waals surface area contributed by atoms with E-state index in [4.69, 9.17) is 23.2 Å². The van der Waals surface area contributed by atoms with Gasteiger partial charge in [0, 0.05) is 15.5 Å². The molecular weight excluding hydrogens is 422 g/mol. The topological polar surface area (TPSA) is 12.0 Å². The van der Waals surface area contributed by atoms with E-state index < -0.39 is 11.7 Å². The van der Waals surface area contributed by atoms with Gasteiger partial charge in [-0.25, -0.2) is 0 Å². The highest BCUT2D eigenvalue weighted by Gasteiger charge is 2.30. The van der Waals surface area contributed by atoms with Crippen LogP contribution in [0.15, 0.2) is 46.2 Å². The maximum Gasteiger partial charge on any atom is 0.416 e. The molecule has 1 N–H and O–H groups in total. The Morgan fingerprint density at radius 2 is 1.42 bits per heavy atom. The quantitative estimate of drug-likeness (QED) is 0.362. The van der Waals surface area contributed by atoms with Crippen molar-refractivity contribution in [3.63, 3.8) is 0 Å². The lowest BCUT2D eigenvalue weighted by Gasteiger charge is -2.11. The number of anilines is 1. The van der Waals surface area contributed by atoms with Crippen molar-refractivity contribution in [1.82, 2.24) is 0 Å². The van der Waals surface area contributed by atoms with Crippen LogP contribution in [0.3, 0.4) is 0 Å². The molecule has 0 aliphatic heterocycles. The molecule has 146 valence electrons. The van der Waals surface area contributed by atoms with Crippen molar-refractivity contribution in [2.24, 2.45) is 0 Å². The van der Waals surface area contributed by atoms with E-state index in [-0.39, 0.29) is 0 Å². The average molecular weight is 444 g/mol. The van der Waals surface area contributed by atoms with Gasteiger partial charge in [0.25, 0.3) is 0 Å². The van der Waals surface area contributed by atoms with E-state index in [1.54, 1.807) is 12.1 Å². The second kappa shape index (κ2) is 12.7. The van der Waals surface area contributed by atoms with E-state index in [1.807, 2.05) is 27.7 Å². The molecule has 0 aliphatic carbocycles. The van der Waals surface area contributed by atoms with Gasteiger partial charge >= 0.3 is 6.18 Å². The Morgan fingerprint density at radius 3 is 1.81 bits per heavy atom. The largest absolute Gasteiger partial charge is 0.416 e. The first kappa shape index (κ1) is 25.3. The number of hydrogen-bond donors (Lipinski definition) is 2. The minimum Gasteiger partial charge on any atom is -0.376 e. The fourth-order valence-corrected chi connectivity index (χ4v) is 3.40. The fraction of sp³-hybridized carbons (Fsp3) is 0.333. The molecular formula is C18H22Cl2F3NS2. The van der Waals surface area contributed by atoms with Crippen molar-refractivity contribution >= 4 is 53.3 Å². The molecule has 0 saturated heterocycles. The van der Waals surface area contributed by atoms with Crippen LogP contribution >= 0.6 is 47.6 Å². The summed E-state index contributed by atoms with van der Waals surface area (Å²) in [6.45, 7) is 8.00. The summed E-state index contributed by atoms with van der Waals surface area (Å²) in [5.74, 6) is 0.429. The molecule has 0 amide bonds. The Balaban J connectivity index is 0.00000146. The van der Waals surface area contributed by atoms with E-state index in [0.29, 0.717) is 25.7 Å². The van der Waals surface area contributed by atoms with E-state index in [0.717, 1.165) is 17.8 Å². The third-order valence-corrected chi connectivity index (χ3v) is 4.81. The van der Waals surface area contributed by atoms with Gasteiger partial charge in [-0.1, -0.05) is 62.7 Å². The van der Waals surface area contributed by atoms with Crippen molar-refractivity contribution in [3.05, 3.63) is 52.0 Å². The number of hydrogen-bond acceptors (Lipinski definition) is 3. The van der Waals surface area contributed by atoms with Crippen LogP contribution < -0.4 is 5.32 Å². The molecule has 2 rings (SSSR count). The number of halogens is 5. The molecule has 0 radical (unpaired) electrons. The summed E-state index contributed by atoms with van der Waals surface area (Å²) in [6.07, 6.45) is -4.35. The predicted molar refractivity (Wildman–Crippen MR) is 112 cm³/mol. The molecule has 8 heteroatoms. The highest BCUT2D eigenvalue weighted by atomic mass is 35.5. The molecule has 0 heterocycles. The molecule has 0 aliphatic rings. The number of rotatable bonds is 4. The van der Waals surface area contributed by atoms with Crippen LogP contribution in [0.2, 0.25) is 10.0 Å². The summed E-state index contributed by atoms with van der Waals surface area (Å²) in [7, 11) is 0. The molecule has 0 atom stereocenters. The molecule has 0 aromatic heterocycles. The van der Waals surface area contributed by atoms with Crippen LogP contribution in [0.5, 0.6) is 0 Å². The van der Waals surface area contributed by atoms with Gasteiger partial charge < -0.3 is 5.32 Å². The van der Waals surface area contributed by atoms with Crippen LogP contribution in [0.25, 0.3) is 0 Å². The molecule has 26 heavy (non-hydrogen) atoms. The number of alkyl halides is 3. The lowest BCUT2D eigenvalue weighted by molar-refractivity contribution is -0.137. The monoisotopic (exact) mass is 443 g/mol. The first-order valence-electron chi connectivity index (χ1n) is 8.00. The fourth-order valence-electron chi connectivity index (χ4n) is 1.68. The highest BCUT2D eigenvalue weighted by molar-refractivity contribution is 7.99. The third kappa shape index (κ3) is 7.91. The smallest absolute Gasteiger partial charge is 0.376 e. The Kier molecular flexibility index (Phi) is 12.3. The normalized spacial score (nSPS) is 10.2. The molecule has 2 aromatic rings. The van der Waals surface area contributed by atoms with E-state index in [2.05, 4.69) is 17.9 Å². The summed E-state index contributed by atoms with van der Waals surface area (Å²) in [6, 6.07) is 8.22. The zero-order valence-electron chi connectivity index (χ0n) is 14.9. The molecule has 0 bridgehead atoms. The summed E-state index contributed by atoms with van der Waals surface area (Å²) in [5, 5.41) is 3.80. The zero-order chi connectivity index (χ0) is 20.3. The van der Waals surface area contributed by atoms with Crippen LogP contribution in [-0.2, 0) is 6.18 Å². The molecule has 0 unspecified atom stereocenters. The van der Waals surface area contributed by atoms with Gasteiger partial charge in [0.2, 0.25) is 0 Å². The molecule has 0 fully saturated rings. The van der Waals surface area contributed by atoms with Gasteiger partial charge in [0.05, 0.1) is 21.5 Å². The second-order valence-corrected chi connectivity index (χ2v) is 6.44. The summed E-state index contributed by atoms with van der Waals surface area (Å²) >= 11 is 17.6. The van der Waals surface area contributed by atoms with Crippen molar-refractivity contribution in [2.75, 3.05) is 11.2 Å². The first-order valence-corrected chi connectivity index (χ1v) is 10.2. The van der Waals surface area contributed by atoms with Gasteiger partial charge in [-0.3, -0.25) is 0 Å². The third-order valence-electron chi connectivity index (χ3n) is 2.68. The highest BCUT2D eigenvalue weighted by Crippen LogP contribution is 2.41. The van der Waals surface area contributed by atoms with E-state index >= 15 is 0 Å². The molecule has 0 saturated carbocycles. The predicted octanol–water partition coefficient (Wildman–Crippen LogP) is 8.52. The second-order valence-electron chi connectivity index (χ2n) is 4.23. The average Bonchev–Trinajstić information content (AvgIpc) is 2.62.